The van der Waals surface area contributed by atoms with Gasteiger partial charge in [-0.3, -0.25) is 14.9 Å². The van der Waals surface area contributed by atoms with E-state index in [4.69, 9.17) is 4.74 Å². The van der Waals surface area contributed by atoms with E-state index >= 15 is 0 Å². The van der Waals surface area contributed by atoms with Crippen LogP contribution in [0.4, 0.5) is 11.5 Å². The molecule has 8 nitrogen and oxygen atoms in total. The van der Waals surface area contributed by atoms with Gasteiger partial charge in [-0.25, -0.2) is 0 Å². The summed E-state index contributed by atoms with van der Waals surface area (Å²) in [6.45, 7) is 0.430. The van der Waals surface area contributed by atoms with E-state index in [1.165, 1.54) is 19.2 Å². The summed E-state index contributed by atoms with van der Waals surface area (Å²) in [5.41, 5.74) is -0.113. The van der Waals surface area contributed by atoms with Crippen LogP contribution in [0, 0.1) is 10.1 Å². The molecule has 0 aromatic carbocycles. The summed E-state index contributed by atoms with van der Waals surface area (Å²) in [4.78, 5) is 25.9. The lowest BCUT2D eigenvalue weighted by atomic mass is 10.3. The first-order valence-corrected chi connectivity index (χ1v) is 6.83. The maximum atomic E-state index is 11.5. The Kier molecular flexibility index (Phi) is 4.91. The van der Waals surface area contributed by atoms with Gasteiger partial charge in [-0.1, -0.05) is 0 Å². The van der Waals surface area contributed by atoms with Crippen molar-refractivity contribution >= 4 is 17.4 Å². The molecule has 1 aliphatic rings. The molecule has 1 aromatic heterocycles. The van der Waals surface area contributed by atoms with E-state index in [9.17, 15) is 14.9 Å². The van der Waals surface area contributed by atoms with Gasteiger partial charge in [0.1, 0.15) is 0 Å². The van der Waals surface area contributed by atoms with Crippen LogP contribution < -0.4 is 15.4 Å². The highest BCUT2D eigenvalue weighted by molar-refractivity contribution is 5.76. The highest BCUT2D eigenvalue weighted by atomic mass is 16.6. The summed E-state index contributed by atoms with van der Waals surface area (Å²) in [6.07, 6.45) is 3.09. The molecule has 0 atom stereocenters. The van der Waals surface area contributed by atoms with Gasteiger partial charge in [-0.05, 0) is 19.3 Å². The molecule has 1 saturated carbocycles. The lowest BCUT2D eigenvalue weighted by Gasteiger charge is -2.08. The molecule has 0 spiro atoms. The number of carbonyl (C=O) groups is 1. The summed E-state index contributed by atoms with van der Waals surface area (Å²) >= 11 is 0. The summed E-state index contributed by atoms with van der Waals surface area (Å²) in [6, 6.07) is 3.13. The van der Waals surface area contributed by atoms with E-state index in [1.54, 1.807) is 0 Å². The van der Waals surface area contributed by atoms with Crippen molar-refractivity contribution in [3.05, 3.63) is 22.2 Å². The Morgan fingerprint density at radius 3 is 2.90 bits per heavy atom. The Labute approximate surface area is 122 Å². The molecule has 0 bridgehead atoms. The van der Waals surface area contributed by atoms with Crippen molar-refractivity contribution in [3.63, 3.8) is 0 Å². The number of anilines is 1. The minimum atomic E-state index is -0.505. The Hall–Kier alpha value is -2.38. The first kappa shape index (κ1) is 15.0. The maximum Gasteiger partial charge on any atom is 0.311 e. The van der Waals surface area contributed by atoms with Crippen molar-refractivity contribution in [2.75, 3.05) is 19.0 Å². The third kappa shape index (κ3) is 4.59. The molecule has 0 radical (unpaired) electrons. The van der Waals surface area contributed by atoms with E-state index in [2.05, 4.69) is 15.6 Å². The van der Waals surface area contributed by atoms with Gasteiger partial charge >= 0.3 is 5.69 Å². The molecular weight excluding hydrogens is 276 g/mol. The molecule has 0 unspecified atom stereocenters. The minimum Gasteiger partial charge on any atom is -0.481 e. The SMILES string of the molecule is COc1ccc([N+](=O)[O-])c(NCCCC(=O)NC2CC2)n1. The fraction of sp³-hybridized carbons (Fsp3) is 0.538. The molecule has 114 valence electrons. The lowest BCUT2D eigenvalue weighted by Crippen LogP contribution is -2.25. The molecule has 0 saturated heterocycles. The van der Waals surface area contributed by atoms with Crippen LogP contribution in [-0.2, 0) is 4.79 Å². The number of amides is 1. The number of hydrogen-bond donors (Lipinski definition) is 2. The van der Waals surface area contributed by atoms with E-state index < -0.39 is 4.92 Å². The number of nitrogens with one attached hydrogen (secondary N) is 2. The molecule has 2 N–H and O–H groups in total. The molecule has 8 heteroatoms. The molecule has 21 heavy (non-hydrogen) atoms. The Morgan fingerprint density at radius 1 is 1.52 bits per heavy atom. The van der Waals surface area contributed by atoms with Gasteiger partial charge in [0.15, 0.2) is 0 Å². The van der Waals surface area contributed by atoms with Crippen LogP contribution in [-0.4, -0.2) is 35.5 Å². The van der Waals surface area contributed by atoms with Gasteiger partial charge < -0.3 is 15.4 Å². The second-order valence-electron chi connectivity index (χ2n) is 4.85. The standard InChI is InChI=1S/C13H18N4O4/c1-21-12-7-6-10(17(19)20)13(16-12)14-8-2-3-11(18)15-9-4-5-9/h6-7,9H,2-5,8H2,1H3,(H,14,16)(H,15,18). The number of hydrogen-bond acceptors (Lipinski definition) is 6. The minimum absolute atomic E-state index is 0.0207. The van der Waals surface area contributed by atoms with E-state index in [-0.39, 0.29) is 17.4 Å². The summed E-state index contributed by atoms with van der Waals surface area (Å²) in [5, 5.41) is 16.7. The number of carbonyl (C=O) groups excluding carboxylic acids is 1. The normalized spacial score (nSPS) is 13.6. The van der Waals surface area contributed by atoms with Gasteiger partial charge in [0, 0.05) is 31.1 Å². The fourth-order valence-corrected chi connectivity index (χ4v) is 1.81. The van der Waals surface area contributed by atoms with Gasteiger partial charge in [0.25, 0.3) is 0 Å². The topological polar surface area (TPSA) is 106 Å². The van der Waals surface area contributed by atoms with Gasteiger partial charge in [0.2, 0.25) is 17.6 Å². The zero-order valence-corrected chi connectivity index (χ0v) is 11.8. The van der Waals surface area contributed by atoms with Crippen LogP contribution in [0.15, 0.2) is 12.1 Å². The molecule has 0 aliphatic heterocycles. The van der Waals surface area contributed by atoms with Crippen LogP contribution in [0.5, 0.6) is 5.88 Å². The highest BCUT2D eigenvalue weighted by Gasteiger charge is 2.22. The number of nitro groups is 1. The molecular formula is C13H18N4O4. The largest absolute Gasteiger partial charge is 0.481 e. The smallest absolute Gasteiger partial charge is 0.311 e. The number of pyridine rings is 1. The molecule has 2 rings (SSSR count). The third-order valence-electron chi connectivity index (χ3n) is 3.07. The number of aromatic nitrogens is 1. The number of rotatable bonds is 8. The Bertz CT molecular complexity index is 531. The molecule has 1 amide bonds. The van der Waals surface area contributed by atoms with Crippen LogP contribution in [0.1, 0.15) is 25.7 Å². The van der Waals surface area contributed by atoms with Crippen molar-refractivity contribution in [2.24, 2.45) is 0 Å². The molecule has 1 aromatic rings. The molecule has 1 heterocycles. The van der Waals surface area contributed by atoms with Crippen molar-refractivity contribution in [1.82, 2.24) is 10.3 Å². The van der Waals surface area contributed by atoms with Crippen LogP contribution in [0.25, 0.3) is 0 Å². The van der Waals surface area contributed by atoms with Crippen LogP contribution >= 0.6 is 0 Å². The number of methoxy groups -OCH3 is 1. The monoisotopic (exact) mass is 294 g/mol. The van der Waals surface area contributed by atoms with Crippen molar-refractivity contribution in [2.45, 2.75) is 31.7 Å². The number of nitrogens with zero attached hydrogens (tertiary/aromatic N) is 2. The average molecular weight is 294 g/mol. The van der Waals surface area contributed by atoms with Crippen molar-refractivity contribution in [3.8, 4) is 5.88 Å². The van der Waals surface area contributed by atoms with Crippen LogP contribution in [0.2, 0.25) is 0 Å². The van der Waals surface area contributed by atoms with Gasteiger partial charge in [-0.15, -0.1) is 0 Å². The number of ether oxygens (including phenoxy) is 1. The van der Waals surface area contributed by atoms with Gasteiger partial charge in [-0.2, -0.15) is 4.98 Å². The average Bonchev–Trinajstić information content (AvgIpc) is 3.27. The second kappa shape index (κ2) is 6.87. The predicted molar refractivity (Wildman–Crippen MR) is 76.3 cm³/mol. The lowest BCUT2D eigenvalue weighted by molar-refractivity contribution is -0.384. The fourth-order valence-electron chi connectivity index (χ4n) is 1.81. The Morgan fingerprint density at radius 2 is 2.29 bits per heavy atom. The zero-order chi connectivity index (χ0) is 15.2. The third-order valence-corrected chi connectivity index (χ3v) is 3.07. The maximum absolute atomic E-state index is 11.5. The van der Waals surface area contributed by atoms with E-state index in [1.807, 2.05) is 0 Å². The van der Waals surface area contributed by atoms with Gasteiger partial charge in [0.05, 0.1) is 12.0 Å². The quantitative estimate of drug-likeness (QED) is 0.427. The first-order chi connectivity index (χ1) is 10.1. The predicted octanol–water partition coefficient (Wildman–Crippen LogP) is 1.47. The van der Waals surface area contributed by atoms with Crippen molar-refractivity contribution < 1.29 is 14.5 Å². The highest BCUT2D eigenvalue weighted by Crippen LogP contribution is 2.24. The Balaban J connectivity index is 1.83. The van der Waals surface area contributed by atoms with E-state index in [0.29, 0.717) is 31.3 Å². The first-order valence-electron chi connectivity index (χ1n) is 6.83. The van der Waals surface area contributed by atoms with Crippen LogP contribution in [0.3, 0.4) is 0 Å². The second-order valence-corrected chi connectivity index (χ2v) is 4.85. The molecule has 1 aliphatic carbocycles. The van der Waals surface area contributed by atoms with E-state index in [0.717, 1.165) is 12.8 Å². The molecule has 1 fully saturated rings. The zero-order valence-electron chi connectivity index (χ0n) is 11.8. The summed E-state index contributed by atoms with van der Waals surface area (Å²) in [5.74, 6) is 0.476. The van der Waals surface area contributed by atoms with Crippen molar-refractivity contribution in [1.29, 1.82) is 0 Å². The summed E-state index contributed by atoms with van der Waals surface area (Å²) < 4.78 is 4.95. The summed E-state index contributed by atoms with van der Waals surface area (Å²) in [7, 11) is 1.44.